The first kappa shape index (κ1) is 9.15. The number of carboxylic acid groups (broad SMARTS) is 1. The molecule has 1 heterocycles. The van der Waals surface area contributed by atoms with Gasteiger partial charge in [0.1, 0.15) is 0 Å². The highest BCUT2D eigenvalue weighted by Gasteiger charge is 2.11. The van der Waals surface area contributed by atoms with Crippen LogP contribution in [0.5, 0.6) is 0 Å². The quantitative estimate of drug-likeness (QED) is 0.823. The first-order valence-electron chi connectivity index (χ1n) is 4.34. The molecule has 0 saturated heterocycles. The van der Waals surface area contributed by atoms with E-state index in [0.717, 1.165) is 21.6 Å². The SMILES string of the molecule is CCc1nc2cccc(C(=O)O)c2s1. The van der Waals surface area contributed by atoms with E-state index in [1.54, 1.807) is 12.1 Å². The van der Waals surface area contributed by atoms with Gasteiger partial charge in [-0.2, -0.15) is 0 Å². The van der Waals surface area contributed by atoms with Crippen molar-refractivity contribution >= 4 is 27.5 Å². The lowest BCUT2D eigenvalue weighted by molar-refractivity contribution is 0.0699. The maximum Gasteiger partial charge on any atom is 0.337 e. The summed E-state index contributed by atoms with van der Waals surface area (Å²) in [5.41, 5.74) is 1.13. The zero-order valence-electron chi connectivity index (χ0n) is 7.65. The van der Waals surface area contributed by atoms with Gasteiger partial charge in [-0.25, -0.2) is 9.78 Å². The fraction of sp³-hybridized carbons (Fsp3) is 0.200. The normalized spacial score (nSPS) is 10.6. The van der Waals surface area contributed by atoms with Gasteiger partial charge in [-0.05, 0) is 18.6 Å². The fourth-order valence-electron chi connectivity index (χ4n) is 1.31. The number of carbonyl (C=O) groups is 1. The minimum atomic E-state index is -0.887. The summed E-state index contributed by atoms with van der Waals surface area (Å²) < 4.78 is 0.775. The number of benzene rings is 1. The van der Waals surface area contributed by atoms with Crippen LogP contribution in [0.2, 0.25) is 0 Å². The molecule has 0 bridgehead atoms. The summed E-state index contributed by atoms with van der Waals surface area (Å²) in [6, 6.07) is 5.19. The molecule has 2 rings (SSSR count). The summed E-state index contributed by atoms with van der Waals surface area (Å²) in [4.78, 5) is 15.2. The zero-order valence-corrected chi connectivity index (χ0v) is 8.47. The van der Waals surface area contributed by atoms with Crippen molar-refractivity contribution < 1.29 is 9.90 Å². The molecule has 1 N–H and O–H groups in total. The Morgan fingerprint density at radius 2 is 2.36 bits per heavy atom. The topological polar surface area (TPSA) is 50.2 Å². The summed E-state index contributed by atoms with van der Waals surface area (Å²) in [6.07, 6.45) is 0.846. The maximum atomic E-state index is 10.9. The standard InChI is InChI=1S/C10H9NO2S/c1-2-8-11-7-5-3-4-6(10(12)13)9(7)14-8/h3-5H,2H2,1H3,(H,12,13). The predicted molar refractivity (Wildman–Crippen MR) is 56.0 cm³/mol. The summed E-state index contributed by atoms with van der Waals surface area (Å²) in [7, 11) is 0. The second kappa shape index (κ2) is 3.38. The monoisotopic (exact) mass is 207 g/mol. The minimum Gasteiger partial charge on any atom is -0.478 e. The number of rotatable bonds is 2. The van der Waals surface area contributed by atoms with E-state index in [4.69, 9.17) is 5.11 Å². The lowest BCUT2D eigenvalue weighted by Gasteiger charge is -1.93. The van der Waals surface area contributed by atoms with Crippen molar-refractivity contribution in [3.63, 3.8) is 0 Å². The molecule has 0 fully saturated rings. The number of thiazole rings is 1. The molecule has 2 aromatic rings. The van der Waals surface area contributed by atoms with Gasteiger partial charge in [0, 0.05) is 0 Å². The van der Waals surface area contributed by atoms with E-state index < -0.39 is 5.97 Å². The summed E-state index contributed by atoms with van der Waals surface area (Å²) in [6.45, 7) is 2.01. The number of hydrogen-bond donors (Lipinski definition) is 1. The Morgan fingerprint density at radius 3 is 3.00 bits per heavy atom. The average molecular weight is 207 g/mol. The molecule has 0 aliphatic carbocycles. The molecular weight excluding hydrogens is 198 g/mol. The number of aromatic carboxylic acids is 1. The Labute approximate surface area is 85.0 Å². The van der Waals surface area contributed by atoms with E-state index in [-0.39, 0.29) is 0 Å². The molecule has 72 valence electrons. The van der Waals surface area contributed by atoms with Gasteiger partial charge in [-0.3, -0.25) is 0 Å². The smallest absolute Gasteiger partial charge is 0.337 e. The molecule has 3 nitrogen and oxygen atoms in total. The van der Waals surface area contributed by atoms with Gasteiger partial charge in [-0.15, -0.1) is 11.3 Å². The van der Waals surface area contributed by atoms with Crippen LogP contribution in [0, 0.1) is 0 Å². The molecule has 1 aromatic carbocycles. The van der Waals surface area contributed by atoms with Crippen molar-refractivity contribution in [1.29, 1.82) is 0 Å². The van der Waals surface area contributed by atoms with Gasteiger partial charge < -0.3 is 5.11 Å². The highest BCUT2D eigenvalue weighted by atomic mass is 32.1. The molecule has 4 heteroatoms. The molecule has 0 saturated carbocycles. The van der Waals surface area contributed by atoms with E-state index in [1.807, 2.05) is 13.0 Å². The Kier molecular flexibility index (Phi) is 2.21. The van der Waals surface area contributed by atoms with Crippen molar-refractivity contribution in [3.8, 4) is 0 Å². The van der Waals surface area contributed by atoms with Gasteiger partial charge in [0.15, 0.2) is 0 Å². The summed E-state index contributed by atoms with van der Waals surface area (Å²) >= 11 is 1.46. The van der Waals surface area contributed by atoms with Crippen LogP contribution in [0.4, 0.5) is 0 Å². The Morgan fingerprint density at radius 1 is 1.57 bits per heavy atom. The van der Waals surface area contributed by atoms with Crippen LogP contribution in [0.25, 0.3) is 10.2 Å². The van der Waals surface area contributed by atoms with E-state index in [0.29, 0.717) is 5.56 Å². The number of aromatic nitrogens is 1. The van der Waals surface area contributed by atoms with Gasteiger partial charge in [-0.1, -0.05) is 13.0 Å². The third-order valence-electron chi connectivity index (χ3n) is 1.99. The van der Waals surface area contributed by atoms with Crippen molar-refractivity contribution in [3.05, 3.63) is 28.8 Å². The molecule has 0 aliphatic rings. The van der Waals surface area contributed by atoms with E-state index >= 15 is 0 Å². The molecule has 0 atom stereocenters. The molecule has 0 spiro atoms. The van der Waals surface area contributed by atoms with Crippen LogP contribution in [-0.4, -0.2) is 16.1 Å². The van der Waals surface area contributed by atoms with Crippen LogP contribution in [0.15, 0.2) is 18.2 Å². The lowest BCUT2D eigenvalue weighted by atomic mass is 10.2. The zero-order chi connectivity index (χ0) is 10.1. The second-order valence-corrected chi connectivity index (χ2v) is 4.00. The number of nitrogens with zero attached hydrogens (tertiary/aromatic N) is 1. The number of hydrogen-bond acceptors (Lipinski definition) is 3. The molecule has 0 amide bonds. The van der Waals surface area contributed by atoms with E-state index in [9.17, 15) is 4.79 Å². The van der Waals surface area contributed by atoms with Crippen LogP contribution in [0.3, 0.4) is 0 Å². The fourth-order valence-corrected chi connectivity index (χ4v) is 2.32. The maximum absolute atomic E-state index is 10.9. The summed E-state index contributed by atoms with van der Waals surface area (Å²) in [5.74, 6) is -0.887. The van der Waals surface area contributed by atoms with Crippen molar-refractivity contribution in [1.82, 2.24) is 4.98 Å². The van der Waals surface area contributed by atoms with Gasteiger partial charge in [0.25, 0.3) is 0 Å². The third-order valence-corrected chi connectivity index (χ3v) is 3.24. The largest absolute Gasteiger partial charge is 0.478 e. The number of carboxylic acids is 1. The van der Waals surface area contributed by atoms with E-state index in [2.05, 4.69) is 4.98 Å². The molecule has 14 heavy (non-hydrogen) atoms. The molecule has 0 radical (unpaired) electrons. The minimum absolute atomic E-state index is 0.347. The Hall–Kier alpha value is -1.42. The first-order chi connectivity index (χ1) is 6.72. The molecular formula is C10H9NO2S. The highest BCUT2D eigenvalue weighted by Crippen LogP contribution is 2.25. The van der Waals surface area contributed by atoms with Gasteiger partial charge in [0.2, 0.25) is 0 Å². The lowest BCUT2D eigenvalue weighted by Crippen LogP contribution is -1.95. The molecule has 0 unspecified atom stereocenters. The first-order valence-corrected chi connectivity index (χ1v) is 5.15. The van der Waals surface area contributed by atoms with E-state index in [1.165, 1.54) is 11.3 Å². The second-order valence-electron chi connectivity index (χ2n) is 2.92. The van der Waals surface area contributed by atoms with Crippen molar-refractivity contribution in [2.24, 2.45) is 0 Å². The van der Waals surface area contributed by atoms with Crippen LogP contribution in [0.1, 0.15) is 22.3 Å². The number of fused-ring (bicyclic) bond motifs is 1. The van der Waals surface area contributed by atoms with Gasteiger partial charge in [0.05, 0.1) is 20.8 Å². The van der Waals surface area contributed by atoms with Crippen LogP contribution in [-0.2, 0) is 6.42 Å². The number of aryl methyl sites for hydroxylation is 1. The van der Waals surface area contributed by atoms with Crippen molar-refractivity contribution in [2.45, 2.75) is 13.3 Å². The average Bonchev–Trinajstić information content (AvgIpc) is 2.59. The van der Waals surface area contributed by atoms with Gasteiger partial charge >= 0.3 is 5.97 Å². The Balaban J connectivity index is 2.73. The Bertz CT molecular complexity index is 490. The molecule has 1 aromatic heterocycles. The predicted octanol–water partition coefficient (Wildman–Crippen LogP) is 2.56. The van der Waals surface area contributed by atoms with Crippen LogP contribution >= 0.6 is 11.3 Å². The molecule has 0 aliphatic heterocycles. The van der Waals surface area contributed by atoms with Crippen molar-refractivity contribution in [2.75, 3.05) is 0 Å². The highest BCUT2D eigenvalue weighted by molar-refractivity contribution is 7.19. The summed E-state index contributed by atoms with van der Waals surface area (Å²) in [5, 5.41) is 9.92. The van der Waals surface area contributed by atoms with Crippen LogP contribution < -0.4 is 0 Å². The third kappa shape index (κ3) is 1.37.